The summed E-state index contributed by atoms with van der Waals surface area (Å²) in [5.41, 5.74) is 2.12. The smallest absolute Gasteiger partial charge is 0.305 e. The Morgan fingerprint density at radius 2 is 2.24 bits per heavy atom. The van der Waals surface area contributed by atoms with Gasteiger partial charge in [0.2, 0.25) is 0 Å². The van der Waals surface area contributed by atoms with E-state index in [-0.39, 0.29) is 18.1 Å². The lowest BCUT2D eigenvalue weighted by Crippen LogP contribution is -2.30. The van der Waals surface area contributed by atoms with Gasteiger partial charge in [-0.2, -0.15) is 0 Å². The lowest BCUT2D eigenvalue weighted by Gasteiger charge is -2.27. The second kappa shape index (κ2) is 7.65. The van der Waals surface area contributed by atoms with Gasteiger partial charge in [0.15, 0.2) is 5.11 Å². The van der Waals surface area contributed by atoms with Gasteiger partial charge in [-0.05, 0) is 42.4 Å². The number of pyridine rings is 1. The monoisotopic (exact) mass is 358 g/mol. The van der Waals surface area contributed by atoms with E-state index in [1.165, 1.54) is 12.7 Å². The molecule has 0 spiro atoms. The van der Waals surface area contributed by atoms with E-state index < -0.39 is 0 Å². The van der Waals surface area contributed by atoms with Crippen molar-refractivity contribution in [3.05, 3.63) is 54.1 Å². The normalized spacial score (nSPS) is 19.8. The van der Waals surface area contributed by atoms with Crippen molar-refractivity contribution in [2.45, 2.75) is 24.9 Å². The molecular formula is C18H22N4O2S. The van der Waals surface area contributed by atoms with Crippen molar-refractivity contribution < 1.29 is 9.53 Å². The van der Waals surface area contributed by atoms with Gasteiger partial charge in [-0.15, -0.1) is 0 Å². The third kappa shape index (κ3) is 3.82. The first kappa shape index (κ1) is 17.4. The number of rotatable bonds is 6. The highest BCUT2D eigenvalue weighted by Crippen LogP contribution is 2.38. The molecule has 132 valence electrons. The predicted octanol–water partition coefficient (Wildman–Crippen LogP) is 2.35. The third-order valence-corrected chi connectivity index (χ3v) is 4.75. The van der Waals surface area contributed by atoms with Crippen molar-refractivity contribution in [2.24, 2.45) is 7.05 Å². The Balaban J connectivity index is 1.85. The van der Waals surface area contributed by atoms with Crippen LogP contribution in [0, 0.1) is 0 Å². The molecule has 6 nitrogen and oxygen atoms in total. The number of carbonyl (C=O) groups excluding carboxylic acids is 1. The summed E-state index contributed by atoms with van der Waals surface area (Å²) < 4.78 is 6.75. The molecule has 2 atom stereocenters. The first-order valence-corrected chi connectivity index (χ1v) is 8.67. The topological polar surface area (TPSA) is 59.4 Å². The molecule has 2 aromatic rings. The van der Waals surface area contributed by atoms with Crippen LogP contribution in [0.4, 0.5) is 0 Å². The lowest BCUT2D eigenvalue weighted by atomic mass is 9.99. The summed E-state index contributed by atoms with van der Waals surface area (Å²) in [6.45, 7) is 0.684. The molecule has 1 fully saturated rings. The lowest BCUT2D eigenvalue weighted by molar-refractivity contribution is -0.140. The SMILES string of the molecule is COC(=O)CCCN1C(=S)NC(c2ccccn2)C1c1ccn(C)c1. The molecule has 2 unspecified atom stereocenters. The quantitative estimate of drug-likeness (QED) is 0.632. The van der Waals surface area contributed by atoms with E-state index in [9.17, 15) is 4.79 Å². The van der Waals surface area contributed by atoms with E-state index in [0.717, 1.165) is 5.69 Å². The number of carbonyl (C=O) groups is 1. The number of nitrogens with one attached hydrogen (secondary N) is 1. The highest BCUT2D eigenvalue weighted by atomic mass is 32.1. The molecule has 1 aliphatic rings. The van der Waals surface area contributed by atoms with Crippen LogP contribution in [-0.4, -0.2) is 39.2 Å². The first-order chi connectivity index (χ1) is 12.1. The van der Waals surface area contributed by atoms with Gasteiger partial charge in [0, 0.05) is 38.6 Å². The van der Waals surface area contributed by atoms with Gasteiger partial charge in [0.1, 0.15) is 0 Å². The number of aromatic nitrogens is 2. The van der Waals surface area contributed by atoms with Gasteiger partial charge in [0.05, 0.1) is 24.9 Å². The number of esters is 1. The Morgan fingerprint density at radius 3 is 2.88 bits per heavy atom. The Morgan fingerprint density at radius 1 is 1.40 bits per heavy atom. The van der Waals surface area contributed by atoms with Crippen LogP contribution in [0.3, 0.4) is 0 Å². The summed E-state index contributed by atoms with van der Waals surface area (Å²) in [6.07, 6.45) is 6.99. The Hall–Kier alpha value is -2.41. The largest absolute Gasteiger partial charge is 0.469 e. The van der Waals surface area contributed by atoms with Crippen LogP contribution in [0.25, 0.3) is 0 Å². The highest BCUT2D eigenvalue weighted by molar-refractivity contribution is 7.80. The van der Waals surface area contributed by atoms with Crippen LogP contribution in [0.15, 0.2) is 42.9 Å². The van der Waals surface area contributed by atoms with Crippen molar-refractivity contribution >= 4 is 23.3 Å². The number of hydrogen-bond acceptors (Lipinski definition) is 4. The third-order valence-electron chi connectivity index (χ3n) is 4.40. The van der Waals surface area contributed by atoms with Gasteiger partial charge in [-0.1, -0.05) is 6.07 Å². The summed E-state index contributed by atoms with van der Waals surface area (Å²) in [4.78, 5) is 18.1. The predicted molar refractivity (Wildman–Crippen MR) is 98.8 cm³/mol. The van der Waals surface area contributed by atoms with Crippen molar-refractivity contribution in [1.29, 1.82) is 0 Å². The van der Waals surface area contributed by atoms with Crippen LogP contribution in [-0.2, 0) is 16.6 Å². The number of methoxy groups -OCH3 is 1. The summed E-state index contributed by atoms with van der Waals surface area (Å²) >= 11 is 5.57. The summed E-state index contributed by atoms with van der Waals surface area (Å²) in [7, 11) is 3.41. The zero-order valence-corrected chi connectivity index (χ0v) is 15.2. The maximum absolute atomic E-state index is 11.4. The number of thiocarbonyl (C=S) groups is 1. The minimum atomic E-state index is -0.199. The molecule has 3 heterocycles. The molecule has 0 aromatic carbocycles. The fourth-order valence-electron chi connectivity index (χ4n) is 3.21. The van der Waals surface area contributed by atoms with Crippen molar-refractivity contribution in [2.75, 3.05) is 13.7 Å². The van der Waals surface area contributed by atoms with Gasteiger partial charge >= 0.3 is 5.97 Å². The maximum Gasteiger partial charge on any atom is 0.305 e. The minimum Gasteiger partial charge on any atom is -0.469 e. The van der Waals surface area contributed by atoms with E-state index in [2.05, 4.69) is 27.5 Å². The average Bonchev–Trinajstić information content (AvgIpc) is 3.19. The van der Waals surface area contributed by atoms with Crippen LogP contribution >= 0.6 is 12.2 Å². The van der Waals surface area contributed by atoms with Crippen LogP contribution in [0.5, 0.6) is 0 Å². The second-order valence-electron chi connectivity index (χ2n) is 6.11. The van der Waals surface area contributed by atoms with Crippen molar-refractivity contribution in [3.8, 4) is 0 Å². The molecule has 3 rings (SSSR count). The van der Waals surface area contributed by atoms with Gasteiger partial charge in [0.25, 0.3) is 0 Å². The zero-order valence-electron chi connectivity index (χ0n) is 14.4. The Kier molecular flexibility index (Phi) is 5.33. The molecular weight excluding hydrogens is 336 g/mol. The number of ether oxygens (including phenoxy) is 1. The van der Waals surface area contributed by atoms with Crippen LogP contribution in [0.1, 0.15) is 36.2 Å². The molecule has 1 N–H and O–H groups in total. The standard InChI is InChI=1S/C18H22N4O2S/c1-21-11-8-13(12-21)17-16(14-6-3-4-9-19-14)20-18(25)22(17)10-5-7-15(23)24-2/h3-4,6,8-9,11-12,16-17H,5,7,10H2,1-2H3,(H,20,25). The van der Waals surface area contributed by atoms with Gasteiger partial charge in [-0.25, -0.2) is 0 Å². The van der Waals surface area contributed by atoms with E-state index in [1.807, 2.05) is 36.0 Å². The van der Waals surface area contributed by atoms with Gasteiger partial charge in [-0.3, -0.25) is 9.78 Å². The van der Waals surface area contributed by atoms with E-state index in [0.29, 0.717) is 24.5 Å². The fourth-order valence-corrected chi connectivity index (χ4v) is 3.54. The molecule has 7 heteroatoms. The number of hydrogen-bond donors (Lipinski definition) is 1. The van der Waals surface area contributed by atoms with Crippen molar-refractivity contribution in [3.63, 3.8) is 0 Å². The molecule has 0 saturated carbocycles. The molecule has 1 aliphatic heterocycles. The second-order valence-corrected chi connectivity index (χ2v) is 6.50. The van der Waals surface area contributed by atoms with E-state index >= 15 is 0 Å². The molecule has 2 aromatic heterocycles. The highest BCUT2D eigenvalue weighted by Gasteiger charge is 2.39. The molecule has 1 saturated heterocycles. The average molecular weight is 358 g/mol. The maximum atomic E-state index is 11.4. The molecule has 25 heavy (non-hydrogen) atoms. The molecule has 0 aliphatic carbocycles. The number of aryl methyl sites for hydroxylation is 1. The minimum absolute atomic E-state index is 0.0192. The molecule has 0 radical (unpaired) electrons. The van der Waals surface area contributed by atoms with Crippen LogP contribution in [0.2, 0.25) is 0 Å². The summed E-state index contributed by atoms with van der Waals surface area (Å²) in [5.74, 6) is -0.199. The first-order valence-electron chi connectivity index (χ1n) is 8.27. The Labute approximate surface area is 152 Å². The van der Waals surface area contributed by atoms with E-state index in [1.54, 1.807) is 6.20 Å². The fraction of sp³-hybridized carbons (Fsp3) is 0.389. The summed E-state index contributed by atoms with van der Waals surface area (Å²) in [6, 6.07) is 8.02. The number of nitrogens with zero attached hydrogens (tertiary/aromatic N) is 3. The summed E-state index contributed by atoms with van der Waals surface area (Å²) in [5, 5.41) is 4.09. The van der Waals surface area contributed by atoms with E-state index in [4.69, 9.17) is 17.0 Å². The zero-order chi connectivity index (χ0) is 17.8. The molecule has 0 amide bonds. The van der Waals surface area contributed by atoms with Crippen LogP contribution < -0.4 is 5.32 Å². The van der Waals surface area contributed by atoms with Gasteiger partial charge < -0.3 is 19.5 Å². The van der Waals surface area contributed by atoms with Crippen molar-refractivity contribution in [1.82, 2.24) is 19.8 Å². The molecule has 0 bridgehead atoms. The Bertz CT molecular complexity index is 747.